The Bertz CT molecular complexity index is 539. The van der Waals surface area contributed by atoms with E-state index < -0.39 is 0 Å². The third-order valence-electron chi connectivity index (χ3n) is 5.79. The molecule has 0 radical (unpaired) electrons. The highest BCUT2D eigenvalue weighted by atomic mass is 16.3. The monoisotopic (exact) mass is 330 g/mol. The number of carbonyl (C=O) groups excluding carboxylic acids is 1. The van der Waals surface area contributed by atoms with Crippen LogP contribution < -0.4 is 0 Å². The van der Waals surface area contributed by atoms with Gasteiger partial charge in [-0.3, -0.25) is 9.69 Å². The van der Waals surface area contributed by atoms with E-state index >= 15 is 0 Å². The number of likely N-dealkylation sites (tertiary alicyclic amines) is 2. The van der Waals surface area contributed by atoms with Crippen molar-refractivity contribution < 1.29 is 9.90 Å². The molecule has 1 N–H and O–H groups in total. The van der Waals surface area contributed by atoms with Crippen molar-refractivity contribution in [3.05, 3.63) is 29.8 Å². The molecule has 4 heteroatoms. The second-order valence-corrected chi connectivity index (χ2v) is 7.57. The van der Waals surface area contributed by atoms with E-state index in [1.54, 1.807) is 12.1 Å². The molecule has 2 atom stereocenters. The normalized spacial score (nSPS) is 26.5. The molecule has 0 aliphatic carbocycles. The van der Waals surface area contributed by atoms with Gasteiger partial charge in [0.15, 0.2) is 0 Å². The van der Waals surface area contributed by atoms with Crippen molar-refractivity contribution in [3.8, 4) is 5.75 Å². The lowest BCUT2D eigenvalue weighted by Gasteiger charge is -2.41. The van der Waals surface area contributed by atoms with Gasteiger partial charge in [0.05, 0.1) is 6.54 Å². The van der Waals surface area contributed by atoms with Crippen LogP contribution in [0, 0.1) is 0 Å². The molecule has 132 valence electrons. The molecule has 2 saturated heterocycles. The number of rotatable bonds is 3. The Morgan fingerprint density at radius 1 is 1.04 bits per heavy atom. The average Bonchev–Trinajstić information content (AvgIpc) is 2.56. The minimum absolute atomic E-state index is 0.304. The minimum Gasteiger partial charge on any atom is -0.508 e. The van der Waals surface area contributed by atoms with Crippen LogP contribution in [0.25, 0.3) is 0 Å². The number of nitrogens with zero attached hydrogens (tertiary/aromatic N) is 2. The van der Waals surface area contributed by atoms with E-state index in [4.69, 9.17) is 0 Å². The Morgan fingerprint density at radius 2 is 1.62 bits per heavy atom. The molecule has 1 amide bonds. The fourth-order valence-corrected chi connectivity index (χ4v) is 4.36. The SMILES string of the molecule is C[C@@H]1CCC[C@@H](C)N1C(=O)CN1CCC(c2ccc(O)cc2)CC1. The van der Waals surface area contributed by atoms with Gasteiger partial charge >= 0.3 is 0 Å². The number of aromatic hydroxyl groups is 1. The zero-order chi connectivity index (χ0) is 17.1. The fraction of sp³-hybridized carbons (Fsp3) is 0.650. The molecule has 24 heavy (non-hydrogen) atoms. The Balaban J connectivity index is 1.51. The highest BCUT2D eigenvalue weighted by Crippen LogP contribution is 2.29. The van der Waals surface area contributed by atoms with Crippen LogP contribution in [0.2, 0.25) is 0 Å². The molecular weight excluding hydrogens is 300 g/mol. The third kappa shape index (κ3) is 3.92. The van der Waals surface area contributed by atoms with Gasteiger partial charge in [-0.1, -0.05) is 12.1 Å². The van der Waals surface area contributed by atoms with Crippen molar-refractivity contribution in [2.24, 2.45) is 0 Å². The van der Waals surface area contributed by atoms with E-state index in [-0.39, 0.29) is 0 Å². The first-order chi connectivity index (χ1) is 11.5. The summed E-state index contributed by atoms with van der Waals surface area (Å²) in [6.45, 7) is 6.90. The van der Waals surface area contributed by atoms with Gasteiger partial charge in [-0.25, -0.2) is 0 Å². The van der Waals surface area contributed by atoms with Crippen molar-refractivity contribution in [1.29, 1.82) is 0 Å². The molecule has 0 spiro atoms. The molecule has 2 aliphatic rings. The number of piperidine rings is 2. The second kappa shape index (κ2) is 7.56. The molecule has 0 saturated carbocycles. The molecule has 3 rings (SSSR count). The van der Waals surface area contributed by atoms with Crippen LogP contribution in [-0.2, 0) is 4.79 Å². The first kappa shape index (κ1) is 17.3. The molecule has 1 aromatic carbocycles. The first-order valence-corrected chi connectivity index (χ1v) is 9.37. The molecule has 1 aromatic rings. The van der Waals surface area contributed by atoms with Crippen molar-refractivity contribution in [2.75, 3.05) is 19.6 Å². The van der Waals surface area contributed by atoms with Gasteiger partial charge in [-0.2, -0.15) is 0 Å². The molecule has 2 fully saturated rings. The van der Waals surface area contributed by atoms with Crippen LogP contribution in [0.3, 0.4) is 0 Å². The molecular formula is C20H30N2O2. The van der Waals surface area contributed by atoms with Crippen molar-refractivity contribution >= 4 is 5.91 Å². The van der Waals surface area contributed by atoms with Crippen LogP contribution in [0.15, 0.2) is 24.3 Å². The molecule has 2 aliphatic heterocycles. The summed E-state index contributed by atoms with van der Waals surface area (Å²) in [5.41, 5.74) is 1.30. The van der Waals surface area contributed by atoms with Crippen LogP contribution in [0.1, 0.15) is 57.4 Å². The number of amides is 1. The quantitative estimate of drug-likeness (QED) is 0.924. The maximum absolute atomic E-state index is 12.7. The van der Waals surface area contributed by atoms with Gasteiger partial charge in [0.1, 0.15) is 5.75 Å². The van der Waals surface area contributed by atoms with Gasteiger partial charge in [0.2, 0.25) is 5.91 Å². The summed E-state index contributed by atoms with van der Waals surface area (Å²) in [4.78, 5) is 17.2. The molecule has 0 bridgehead atoms. The van der Waals surface area contributed by atoms with E-state index in [0.29, 0.717) is 36.2 Å². The highest BCUT2D eigenvalue weighted by Gasteiger charge is 2.30. The molecule has 2 heterocycles. The minimum atomic E-state index is 0.304. The van der Waals surface area contributed by atoms with E-state index in [1.165, 1.54) is 12.0 Å². The van der Waals surface area contributed by atoms with Crippen LogP contribution in [0.5, 0.6) is 5.75 Å². The third-order valence-corrected chi connectivity index (χ3v) is 5.79. The predicted molar refractivity (Wildman–Crippen MR) is 96.1 cm³/mol. The van der Waals surface area contributed by atoms with E-state index in [2.05, 4.69) is 23.6 Å². The number of hydrogen-bond acceptors (Lipinski definition) is 3. The van der Waals surface area contributed by atoms with Gasteiger partial charge in [0, 0.05) is 12.1 Å². The zero-order valence-corrected chi connectivity index (χ0v) is 14.9. The topological polar surface area (TPSA) is 43.8 Å². The fourth-order valence-electron chi connectivity index (χ4n) is 4.36. The zero-order valence-electron chi connectivity index (χ0n) is 14.9. The van der Waals surface area contributed by atoms with Crippen molar-refractivity contribution in [3.63, 3.8) is 0 Å². The van der Waals surface area contributed by atoms with Crippen LogP contribution in [0.4, 0.5) is 0 Å². The Morgan fingerprint density at radius 3 is 2.21 bits per heavy atom. The highest BCUT2D eigenvalue weighted by molar-refractivity contribution is 5.79. The lowest BCUT2D eigenvalue weighted by atomic mass is 9.89. The summed E-state index contributed by atoms with van der Waals surface area (Å²) in [5, 5.41) is 9.41. The Labute approximate surface area is 145 Å². The van der Waals surface area contributed by atoms with Gasteiger partial charge in [-0.05, 0) is 82.7 Å². The number of carbonyl (C=O) groups is 1. The van der Waals surface area contributed by atoms with Crippen LogP contribution in [-0.4, -0.2) is 52.5 Å². The summed E-state index contributed by atoms with van der Waals surface area (Å²) in [7, 11) is 0. The molecule has 0 unspecified atom stereocenters. The standard InChI is InChI=1S/C20H30N2O2/c1-15-4-3-5-16(2)22(15)20(24)14-21-12-10-18(11-13-21)17-6-8-19(23)9-7-17/h6-9,15-16,18,23H,3-5,10-14H2,1-2H3/t15-,16-/m1/s1. The number of hydrogen-bond donors (Lipinski definition) is 1. The maximum Gasteiger partial charge on any atom is 0.237 e. The number of phenolic OH excluding ortho intramolecular Hbond substituents is 1. The van der Waals surface area contributed by atoms with Crippen molar-refractivity contribution in [1.82, 2.24) is 9.80 Å². The van der Waals surface area contributed by atoms with E-state index in [9.17, 15) is 9.90 Å². The average molecular weight is 330 g/mol. The summed E-state index contributed by atoms with van der Waals surface area (Å²) < 4.78 is 0. The van der Waals surface area contributed by atoms with E-state index in [0.717, 1.165) is 38.8 Å². The molecule has 4 nitrogen and oxygen atoms in total. The lowest BCUT2D eigenvalue weighted by Crippen LogP contribution is -2.51. The predicted octanol–water partition coefficient (Wildman–Crippen LogP) is 3.36. The summed E-state index contributed by atoms with van der Waals surface area (Å²) in [6, 6.07) is 8.36. The molecule has 0 aromatic heterocycles. The summed E-state index contributed by atoms with van der Waals surface area (Å²) in [6.07, 6.45) is 5.69. The first-order valence-electron chi connectivity index (χ1n) is 9.37. The number of phenols is 1. The largest absolute Gasteiger partial charge is 0.508 e. The lowest BCUT2D eigenvalue weighted by molar-refractivity contribution is -0.138. The van der Waals surface area contributed by atoms with Crippen LogP contribution >= 0.6 is 0 Å². The Hall–Kier alpha value is -1.55. The summed E-state index contributed by atoms with van der Waals surface area (Å²) in [5.74, 6) is 1.18. The van der Waals surface area contributed by atoms with Gasteiger partial charge in [0.25, 0.3) is 0 Å². The maximum atomic E-state index is 12.7. The second-order valence-electron chi connectivity index (χ2n) is 7.57. The Kier molecular flexibility index (Phi) is 5.44. The smallest absolute Gasteiger partial charge is 0.237 e. The van der Waals surface area contributed by atoms with Gasteiger partial charge < -0.3 is 10.0 Å². The van der Waals surface area contributed by atoms with Gasteiger partial charge in [-0.15, -0.1) is 0 Å². The summed E-state index contributed by atoms with van der Waals surface area (Å²) >= 11 is 0. The van der Waals surface area contributed by atoms with Crippen molar-refractivity contribution in [2.45, 2.75) is 64.0 Å². The van der Waals surface area contributed by atoms with E-state index in [1.807, 2.05) is 12.1 Å². The number of benzene rings is 1.